The summed E-state index contributed by atoms with van der Waals surface area (Å²) in [5.41, 5.74) is 2.53. The van der Waals surface area contributed by atoms with Gasteiger partial charge >= 0.3 is 0 Å². The molecule has 0 aliphatic rings. The summed E-state index contributed by atoms with van der Waals surface area (Å²) in [7, 11) is 0. The van der Waals surface area contributed by atoms with Gasteiger partial charge in [-0.25, -0.2) is 4.68 Å². The minimum absolute atomic E-state index is 0.124. The highest BCUT2D eigenvalue weighted by atomic mass is 79.9. The van der Waals surface area contributed by atoms with E-state index in [-0.39, 0.29) is 18.7 Å². The molecule has 0 amide bonds. The zero-order valence-electron chi connectivity index (χ0n) is 11.0. The number of aliphatic hydroxyl groups is 1. The summed E-state index contributed by atoms with van der Waals surface area (Å²) in [6, 6.07) is 1.93. The van der Waals surface area contributed by atoms with E-state index in [1.54, 1.807) is 18.6 Å². The molecule has 0 fully saturated rings. The largest absolute Gasteiger partial charge is 0.394 e. The van der Waals surface area contributed by atoms with E-state index >= 15 is 0 Å². The van der Waals surface area contributed by atoms with Gasteiger partial charge in [-0.15, -0.1) is 0 Å². The van der Waals surface area contributed by atoms with Gasteiger partial charge < -0.3 is 10.4 Å². The van der Waals surface area contributed by atoms with Gasteiger partial charge in [0.05, 0.1) is 25.0 Å². The summed E-state index contributed by atoms with van der Waals surface area (Å²) < 4.78 is 1.62. The number of aryl methyl sites for hydroxylation is 1. The van der Waals surface area contributed by atoms with E-state index < -0.39 is 0 Å². The number of aromatic nitrogens is 3. The van der Waals surface area contributed by atoms with Gasteiger partial charge in [0.1, 0.15) is 4.47 Å². The first-order valence-electron chi connectivity index (χ1n) is 6.13. The first-order chi connectivity index (χ1) is 9.63. The van der Waals surface area contributed by atoms with E-state index in [0.717, 1.165) is 11.1 Å². The number of anilines is 1. The van der Waals surface area contributed by atoms with Crippen LogP contribution in [0.3, 0.4) is 0 Å². The van der Waals surface area contributed by atoms with E-state index in [4.69, 9.17) is 5.11 Å². The summed E-state index contributed by atoms with van der Waals surface area (Å²) >= 11 is 3.26. The first kappa shape index (κ1) is 14.7. The van der Waals surface area contributed by atoms with Crippen molar-refractivity contribution in [1.29, 1.82) is 0 Å². The summed E-state index contributed by atoms with van der Waals surface area (Å²) in [5, 5.41) is 16.0. The van der Waals surface area contributed by atoms with Crippen molar-refractivity contribution in [2.75, 3.05) is 11.9 Å². The Labute approximate surface area is 124 Å². The van der Waals surface area contributed by atoms with Crippen molar-refractivity contribution >= 4 is 21.6 Å². The highest BCUT2D eigenvalue weighted by molar-refractivity contribution is 9.10. The number of halogens is 1. The minimum atomic E-state index is -0.271. The molecular weight excluding hydrogens is 324 g/mol. The molecule has 0 unspecified atom stereocenters. The fraction of sp³-hybridized carbons (Fsp3) is 0.308. The molecule has 0 radical (unpaired) electrons. The fourth-order valence-electron chi connectivity index (χ4n) is 1.71. The Bertz CT molecular complexity index is 657. The van der Waals surface area contributed by atoms with Crippen molar-refractivity contribution in [3.8, 4) is 0 Å². The second kappa shape index (κ2) is 6.62. The normalized spacial score (nSPS) is 10.6. The van der Waals surface area contributed by atoms with Crippen molar-refractivity contribution in [1.82, 2.24) is 14.8 Å². The molecule has 0 saturated heterocycles. The standard InChI is InChI=1S/C13H15BrN4O2/c1-9-2-3-15-6-10(9)7-16-11-8-17-18(4-5-19)13(20)12(11)14/h2-3,6,8,16,19H,4-5,7H2,1H3. The Morgan fingerprint density at radius 2 is 2.25 bits per heavy atom. The van der Waals surface area contributed by atoms with E-state index in [1.807, 2.05) is 13.0 Å². The minimum Gasteiger partial charge on any atom is -0.394 e. The number of aliphatic hydroxyl groups excluding tert-OH is 1. The molecule has 2 rings (SSSR count). The molecule has 0 saturated carbocycles. The Morgan fingerprint density at radius 1 is 1.45 bits per heavy atom. The highest BCUT2D eigenvalue weighted by Crippen LogP contribution is 2.17. The summed E-state index contributed by atoms with van der Waals surface area (Å²) in [6.07, 6.45) is 5.09. The van der Waals surface area contributed by atoms with Gasteiger partial charge in [0, 0.05) is 18.9 Å². The topological polar surface area (TPSA) is 80.0 Å². The molecule has 0 spiro atoms. The average Bonchev–Trinajstić information content (AvgIpc) is 2.45. The van der Waals surface area contributed by atoms with Crippen LogP contribution in [0.5, 0.6) is 0 Å². The quantitative estimate of drug-likeness (QED) is 0.859. The number of nitrogens with one attached hydrogen (secondary N) is 1. The Kier molecular flexibility index (Phi) is 4.86. The SMILES string of the molecule is Cc1ccncc1CNc1cnn(CCO)c(=O)c1Br. The van der Waals surface area contributed by atoms with Crippen LogP contribution in [0.4, 0.5) is 5.69 Å². The zero-order valence-corrected chi connectivity index (χ0v) is 12.6. The number of hydrogen-bond acceptors (Lipinski definition) is 5. The van der Waals surface area contributed by atoms with Crippen molar-refractivity contribution in [2.45, 2.75) is 20.0 Å². The van der Waals surface area contributed by atoms with Gasteiger partial charge in [0.25, 0.3) is 5.56 Å². The molecule has 0 aliphatic heterocycles. The van der Waals surface area contributed by atoms with E-state index in [2.05, 4.69) is 31.3 Å². The predicted molar refractivity (Wildman–Crippen MR) is 79.6 cm³/mol. The van der Waals surface area contributed by atoms with Crippen LogP contribution in [-0.4, -0.2) is 26.5 Å². The molecule has 0 atom stereocenters. The van der Waals surface area contributed by atoms with Gasteiger partial charge in [-0.05, 0) is 40.0 Å². The smallest absolute Gasteiger partial charge is 0.283 e. The van der Waals surface area contributed by atoms with E-state index in [9.17, 15) is 4.79 Å². The van der Waals surface area contributed by atoms with Crippen molar-refractivity contribution in [2.24, 2.45) is 0 Å². The van der Waals surface area contributed by atoms with E-state index in [0.29, 0.717) is 16.7 Å². The lowest BCUT2D eigenvalue weighted by atomic mass is 10.1. The second-order valence-corrected chi connectivity index (χ2v) is 5.07. The number of rotatable bonds is 5. The molecule has 106 valence electrons. The van der Waals surface area contributed by atoms with Crippen LogP contribution in [0.15, 0.2) is 33.9 Å². The number of nitrogens with zero attached hydrogens (tertiary/aromatic N) is 3. The maximum Gasteiger partial charge on any atom is 0.283 e. The third-order valence-corrected chi connectivity index (χ3v) is 3.68. The van der Waals surface area contributed by atoms with Gasteiger partial charge in [-0.2, -0.15) is 5.10 Å². The summed E-state index contributed by atoms with van der Waals surface area (Å²) in [5.74, 6) is 0. The second-order valence-electron chi connectivity index (χ2n) is 4.28. The van der Waals surface area contributed by atoms with E-state index in [1.165, 1.54) is 4.68 Å². The average molecular weight is 339 g/mol. The van der Waals surface area contributed by atoms with Crippen LogP contribution in [-0.2, 0) is 13.1 Å². The third kappa shape index (κ3) is 3.23. The molecule has 2 heterocycles. The van der Waals surface area contributed by atoms with Crippen molar-refractivity contribution in [3.63, 3.8) is 0 Å². The highest BCUT2D eigenvalue weighted by Gasteiger charge is 2.08. The zero-order chi connectivity index (χ0) is 14.5. The predicted octanol–water partition coefficient (Wildman–Crippen LogP) is 1.31. The third-order valence-electron chi connectivity index (χ3n) is 2.91. The number of hydrogen-bond donors (Lipinski definition) is 2. The Hall–Kier alpha value is -1.73. The Balaban J connectivity index is 2.17. The van der Waals surface area contributed by atoms with Gasteiger partial charge in [-0.3, -0.25) is 9.78 Å². The van der Waals surface area contributed by atoms with Gasteiger partial charge in [0.2, 0.25) is 0 Å². The van der Waals surface area contributed by atoms with Crippen LogP contribution >= 0.6 is 15.9 Å². The summed E-state index contributed by atoms with van der Waals surface area (Å²) in [6.45, 7) is 2.62. The summed E-state index contributed by atoms with van der Waals surface area (Å²) in [4.78, 5) is 16.0. The van der Waals surface area contributed by atoms with Crippen LogP contribution < -0.4 is 10.9 Å². The lowest BCUT2D eigenvalue weighted by molar-refractivity contribution is 0.266. The van der Waals surface area contributed by atoms with Crippen LogP contribution in [0, 0.1) is 6.92 Å². The lowest BCUT2D eigenvalue weighted by Crippen LogP contribution is -2.25. The van der Waals surface area contributed by atoms with Crippen LogP contribution in [0.25, 0.3) is 0 Å². The molecule has 2 aromatic rings. The van der Waals surface area contributed by atoms with Crippen LogP contribution in [0.1, 0.15) is 11.1 Å². The molecular formula is C13H15BrN4O2. The Morgan fingerprint density at radius 3 is 2.95 bits per heavy atom. The van der Waals surface area contributed by atoms with Gasteiger partial charge in [-0.1, -0.05) is 0 Å². The molecule has 0 bridgehead atoms. The maximum absolute atomic E-state index is 11.9. The van der Waals surface area contributed by atoms with Crippen molar-refractivity contribution in [3.05, 3.63) is 50.6 Å². The van der Waals surface area contributed by atoms with Gasteiger partial charge in [0.15, 0.2) is 0 Å². The molecule has 20 heavy (non-hydrogen) atoms. The van der Waals surface area contributed by atoms with Crippen molar-refractivity contribution < 1.29 is 5.11 Å². The fourth-order valence-corrected chi connectivity index (χ4v) is 2.16. The lowest BCUT2D eigenvalue weighted by Gasteiger charge is -2.11. The molecule has 6 nitrogen and oxygen atoms in total. The van der Waals surface area contributed by atoms with Crippen LogP contribution in [0.2, 0.25) is 0 Å². The maximum atomic E-state index is 11.9. The molecule has 2 N–H and O–H groups in total. The number of pyridine rings is 1. The molecule has 0 aliphatic carbocycles. The first-order valence-corrected chi connectivity index (χ1v) is 6.92. The monoisotopic (exact) mass is 338 g/mol. The molecule has 0 aromatic carbocycles. The molecule has 7 heteroatoms. The molecule has 2 aromatic heterocycles.